The van der Waals surface area contributed by atoms with Crippen molar-refractivity contribution in [2.45, 2.75) is 75.2 Å². The smallest absolute Gasteiger partial charge is 0.173 e. The summed E-state index contributed by atoms with van der Waals surface area (Å²) in [5.74, 6) is 5.33. The van der Waals surface area contributed by atoms with Crippen LogP contribution < -0.4 is 0 Å². The number of hydrogen-bond donors (Lipinski definition) is 0. The number of aryl methyl sites for hydroxylation is 11. The van der Waals surface area contributed by atoms with Crippen LogP contribution in [-0.4, -0.2) is 125 Å². The summed E-state index contributed by atoms with van der Waals surface area (Å²) in [5.41, 5.74) is 23.1. The first-order chi connectivity index (χ1) is 55.9. The molecule has 8 heterocycles. The van der Waals surface area contributed by atoms with Gasteiger partial charge in [0.1, 0.15) is 12.2 Å². The molecule has 0 aliphatic heterocycles. The van der Waals surface area contributed by atoms with Gasteiger partial charge in [0.05, 0.1) is 34.8 Å². The Morgan fingerprint density at radius 1 is 0.382 bits per heavy atom. The number of hydrogen-bond acceptors (Lipinski definition) is 18. The monoisotopic (exact) mass is 2890 g/mol. The van der Waals surface area contributed by atoms with Crippen molar-refractivity contribution in [2.75, 3.05) is 0 Å². The first kappa shape index (κ1) is 103. The molecule has 123 heavy (non-hydrogen) atoms. The summed E-state index contributed by atoms with van der Waals surface area (Å²) in [7, 11) is 7.29. The van der Waals surface area contributed by atoms with Crippen LogP contribution in [0.2, 0.25) is 0 Å². The second-order valence-corrected chi connectivity index (χ2v) is 27.3. The average molecular weight is 2890 g/mol. The molecule has 1 radical (unpaired) electrons. The van der Waals surface area contributed by atoms with Crippen LogP contribution in [0.1, 0.15) is 71.6 Å². The zero-order chi connectivity index (χ0) is 80.4. The Morgan fingerprint density at radius 3 is 1.25 bits per heavy atom. The van der Waals surface area contributed by atoms with E-state index >= 15 is 0 Å². The minimum atomic E-state index is -0.0121. The Labute approximate surface area is 816 Å². The van der Waals surface area contributed by atoms with E-state index in [1.54, 1.807) is 51.5 Å². The van der Waals surface area contributed by atoms with Gasteiger partial charge in [0.25, 0.3) is 0 Å². The van der Waals surface area contributed by atoms with Crippen molar-refractivity contribution >= 4 is 0 Å². The molecule has 10 aromatic carbocycles. The van der Waals surface area contributed by atoms with E-state index in [1.807, 2.05) is 200 Å². The zero-order valence-electron chi connectivity index (χ0n) is 68.1. The fourth-order valence-electron chi connectivity index (χ4n) is 13.2. The first-order valence-corrected chi connectivity index (χ1v) is 36.7. The molecule has 649 valence electrons. The molecule has 0 amide bonds. The van der Waals surface area contributed by atoms with Crippen LogP contribution in [0.3, 0.4) is 0 Å². The number of rotatable bonds is 10. The molecule has 0 fully saturated rings. The van der Waals surface area contributed by atoms with Gasteiger partial charge in [-0.05, 0) is 109 Å². The third-order valence-electron chi connectivity index (χ3n) is 18.3. The predicted molar refractivity (Wildman–Crippen MR) is 447 cm³/mol. The Kier molecular flexibility index (Phi) is 41.6. The summed E-state index contributed by atoms with van der Waals surface area (Å²) in [4.78, 5) is 10.3. The minimum absolute atomic E-state index is 0. The molecule has 19 rings (SSSR count). The van der Waals surface area contributed by atoms with Gasteiger partial charge >= 0.3 is 0 Å². The second-order valence-electron chi connectivity index (χ2n) is 27.3. The number of benzene rings is 10. The fraction of sp³-hybridized carbons (Fsp3) is 0.165. The van der Waals surface area contributed by atoms with Gasteiger partial charge in [0.15, 0.2) is 5.82 Å². The normalized spacial score (nSPS) is 10.5. The van der Waals surface area contributed by atoms with Gasteiger partial charge < -0.3 is 4.57 Å². The molecule has 32 heteroatoms. The van der Waals surface area contributed by atoms with Crippen LogP contribution in [0, 0.1) is 90.9 Å². The van der Waals surface area contributed by atoms with Gasteiger partial charge in [-0.15, -0.1) is 255 Å². The molecule has 0 bridgehead atoms. The van der Waals surface area contributed by atoms with Crippen LogP contribution in [0.15, 0.2) is 249 Å². The largest absolute Gasteiger partial charge is 0.322 e. The predicted octanol–water partition coefficient (Wildman–Crippen LogP) is 16.0. The summed E-state index contributed by atoms with van der Waals surface area (Å²) < 4.78 is 10.6. The van der Waals surface area contributed by atoms with Crippen LogP contribution in [-0.2, 0) is 180 Å². The fourth-order valence-corrected chi connectivity index (χ4v) is 13.2. The standard InChI is InChI=1S/C18H18N3.C17H15N4.C17H16N3.C13H9N4.C9H8N3.2C8H7N4.CH4.Ir.6Pt/c1-12-10-13(2)17(14(3)11-12)21-18(19-15(4)20-21)16-8-6-5-7-9-16;1-17(2)14-7-5-4-6-12(14)13-9-8-11(10-15(13)17)16-18-19-20-21(16)3;1-12-9-13(2)16(14(3)10-12)20-11-18-19-17(20)15-7-5-4-6-8-15;1-2-6-11(7-3-1)12-10-15-17(16-12)13-8-4-5-9-14-13;1-12-7-9(10-11-12)8-5-3-2-4-6-8;2*1-12-8(9-10-11-12)7-5-3-2-4-6-7;;;;;;;;/h5-8,10-11H,1-4H3;4-7,9-10H,1-3H3;4-7,9-11H,1-3H3;1-6,8-10H;2-5,7H,1H3;2*2-5H,1H3;1H4;;;;;;;/q7*-1;;;;;;;;. The van der Waals surface area contributed by atoms with E-state index < -0.39 is 0 Å². The summed E-state index contributed by atoms with van der Waals surface area (Å²) in [6.45, 7) is 19.1. The molecule has 0 saturated heterocycles. The summed E-state index contributed by atoms with van der Waals surface area (Å²) in [6.07, 6.45) is 7.06. The van der Waals surface area contributed by atoms with Crippen LogP contribution >= 0.6 is 0 Å². The number of fused-ring (bicyclic) bond motifs is 3. The SMILES string of the molecule is C.Cc1cc(C)c(-n2cnnc2-c2[c-]cccc2)c(C)c1.Cc1cc(C)c(-n2nc(C)nc2-c2[c-]cccc2)c(C)c1.Cn1cc(-c2[c-]cccc2)nn1.Cn1nnnc1-c1[c-]cc2c(c1)C(C)(C)c1ccccc1-2.Cn1nnnc1-c1[c-]cccc1.Cn1nnnc1-c1[c-]cccc1.[Ir].[Pt].[Pt].[Pt].[Pt].[Pt].[Pt].[c-]1ccccc1-c1cnn(-c2ccccn2)n1. The van der Waals surface area contributed by atoms with Gasteiger partial charge in [-0.25, -0.2) is 4.98 Å². The van der Waals surface area contributed by atoms with Crippen LogP contribution in [0.5, 0.6) is 0 Å². The van der Waals surface area contributed by atoms with Crippen molar-refractivity contribution in [3.63, 3.8) is 0 Å². The molecule has 18 aromatic rings. The molecule has 0 spiro atoms. The molecule has 1 aliphatic rings. The van der Waals surface area contributed by atoms with Crippen molar-refractivity contribution in [3.8, 4) is 108 Å². The topological polar surface area (TPSA) is 267 Å². The number of nitrogens with zero attached hydrogens (tertiary/aromatic N) is 25. The summed E-state index contributed by atoms with van der Waals surface area (Å²) >= 11 is 0. The van der Waals surface area contributed by atoms with E-state index in [0.717, 1.165) is 96.7 Å². The van der Waals surface area contributed by atoms with Gasteiger partial charge in [-0.1, -0.05) is 119 Å². The molecule has 25 nitrogen and oxygen atoms in total. The maximum Gasteiger partial charge on any atom is 0.173 e. The Balaban J connectivity index is 0.000000255. The quantitative estimate of drug-likeness (QED) is 0.115. The minimum Gasteiger partial charge on any atom is -0.322 e. The van der Waals surface area contributed by atoms with Gasteiger partial charge in [-0.2, -0.15) is 40.8 Å². The van der Waals surface area contributed by atoms with Crippen molar-refractivity contribution in [1.82, 2.24) is 125 Å². The van der Waals surface area contributed by atoms with Crippen molar-refractivity contribution in [2.24, 2.45) is 28.2 Å². The number of tetrazole rings is 3. The van der Waals surface area contributed by atoms with E-state index in [1.165, 1.54) is 60.4 Å². The Bertz CT molecular complexity index is 6010. The van der Waals surface area contributed by atoms with Gasteiger partial charge in [0, 0.05) is 210 Å². The van der Waals surface area contributed by atoms with E-state index in [9.17, 15) is 0 Å². The van der Waals surface area contributed by atoms with Crippen molar-refractivity contribution in [3.05, 3.63) is 342 Å². The number of pyridine rings is 1. The number of aromatic nitrogens is 25. The van der Waals surface area contributed by atoms with Crippen LogP contribution in [0.4, 0.5) is 0 Å². The second kappa shape index (κ2) is 49.4. The van der Waals surface area contributed by atoms with Gasteiger partial charge in [-0.3, -0.25) is 28.4 Å². The third-order valence-corrected chi connectivity index (χ3v) is 18.3. The van der Waals surface area contributed by atoms with Crippen molar-refractivity contribution in [1.29, 1.82) is 0 Å². The van der Waals surface area contributed by atoms with E-state index in [0.29, 0.717) is 5.82 Å². The first-order valence-electron chi connectivity index (χ1n) is 36.7. The molecule has 0 unspecified atom stereocenters. The Morgan fingerprint density at radius 2 is 0.813 bits per heavy atom. The van der Waals surface area contributed by atoms with Crippen molar-refractivity contribution < 1.29 is 146 Å². The van der Waals surface area contributed by atoms with E-state index in [4.69, 9.17) is 0 Å². The zero-order valence-corrected chi connectivity index (χ0v) is 84.1. The molecular formula is C91H84IrN25Pt6-7. The average Bonchev–Trinajstić information content (AvgIpc) is 1.58. The summed E-state index contributed by atoms with van der Waals surface area (Å²) in [5, 5.41) is 63.2. The Hall–Kier alpha value is -10.1. The van der Waals surface area contributed by atoms with E-state index in [-0.39, 0.29) is 159 Å². The molecule has 0 N–H and O–H groups in total. The third kappa shape index (κ3) is 26.0. The van der Waals surface area contributed by atoms with E-state index in [2.05, 4.69) is 251 Å². The molecule has 0 atom stereocenters. The molecular weight excluding hydrogens is 2810 g/mol. The molecule has 0 saturated carbocycles. The maximum absolute atomic E-state index is 4.59. The summed E-state index contributed by atoms with van der Waals surface area (Å²) in [6, 6.07) is 95.5. The van der Waals surface area contributed by atoms with Crippen LogP contribution in [0.25, 0.3) is 108 Å². The molecule has 1 aliphatic carbocycles. The molecule has 8 aromatic heterocycles. The maximum atomic E-state index is 4.59. The van der Waals surface area contributed by atoms with Gasteiger partial charge in [0.2, 0.25) is 0 Å².